The average Bonchev–Trinajstić information content (AvgIpc) is 2.97. The first-order valence-electron chi connectivity index (χ1n) is 10.6. The lowest BCUT2D eigenvalue weighted by Gasteiger charge is -2.10. The fraction of sp³-hybridized carbons (Fsp3) is 0.348. The Bertz CT molecular complexity index is 1320. The van der Waals surface area contributed by atoms with Crippen molar-refractivity contribution in [1.29, 1.82) is 5.26 Å². The number of esters is 1. The third-order valence-electron chi connectivity index (χ3n) is 5.38. The lowest BCUT2D eigenvalue weighted by Crippen LogP contribution is -2.24. The van der Waals surface area contributed by atoms with Gasteiger partial charge >= 0.3 is 5.97 Å². The summed E-state index contributed by atoms with van der Waals surface area (Å²) in [7, 11) is 0. The van der Waals surface area contributed by atoms with Crippen LogP contribution in [0.15, 0.2) is 34.0 Å². The summed E-state index contributed by atoms with van der Waals surface area (Å²) in [6.45, 7) is 1.89. The van der Waals surface area contributed by atoms with Crippen LogP contribution in [0.5, 0.6) is 0 Å². The van der Waals surface area contributed by atoms with Crippen LogP contribution in [0.2, 0.25) is 0 Å². The molecule has 0 bridgehead atoms. The number of anilines is 1. The van der Waals surface area contributed by atoms with Gasteiger partial charge in [-0.1, -0.05) is 18.6 Å². The molecule has 0 aliphatic carbocycles. The average molecular weight is 483 g/mol. The van der Waals surface area contributed by atoms with Crippen molar-refractivity contribution < 1.29 is 14.3 Å². The molecule has 1 N–H and O–H groups in total. The predicted molar refractivity (Wildman–Crippen MR) is 128 cm³/mol. The molecule has 0 spiro atoms. The van der Waals surface area contributed by atoms with Crippen LogP contribution in [0, 0.1) is 18.3 Å². The second kappa shape index (κ2) is 10.2. The van der Waals surface area contributed by atoms with Gasteiger partial charge in [0, 0.05) is 17.9 Å². The molecule has 10 heteroatoms. The van der Waals surface area contributed by atoms with Gasteiger partial charge in [-0.2, -0.15) is 5.26 Å². The monoisotopic (exact) mass is 482 g/mol. The van der Waals surface area contributed by atoms with Gasteiger partial charge in [0.05, 0.1) is 22.9 Å². The highest BCUT2D eigenvalue weighted by molar-refractivity contribution is 7.99. The molecule has 3 aromatic rings. The first-order chi connectivity index (χ1) is 16.0. The lowest BCUT2D eigenvalue weighted by molar-refractivity contribution is -0.119. The van der Waals surface area contributed by atoms with Crippen LogP contribution in [0.25, 0.3) is 10.2 Å². The molecule has 33 heavy (non-hydrogen) atoms. The number of nitrogens with zero attached hydrogens (tertiary/aromatic N) is 3. The van der Waals surface area contributed by atoms with Crippen molar-refractivity contribution in [1.82, 2.24) is 9.55 Å². The normalized spacial score (nSPS) is 13.1. The summed E-state index contributed by atoms with van der Waals surface area (Å²) in [5.41, 5.74) is 0.972. The SMILES string of the molecule is Cc1c(C(=O)OCC(=O)Nc2ccccc2SCC#N)sc2nc3n(c(=O)c12)CCCCC3. The van der Waals surface area contributed by atoms with E-state index in [1.807, 2.05) is 12.1 Å². The number of para-hydroxylation sites is 1. The highest BCUT2D eigenvalue weighted by Crippen LogP contribution is 2.29. The van der Waals surface area contributed by atoms with E-state index in [4.69, 9.17) is 10.00 Å². The molecule has 0 radical (unpaired) electrons. The smallest absolute Gasteiger partial charge is 0.349 e. The predicted octanol–water partition coefficient (Wildman–Crippen LogP) is 3.90. The van der Waals surface area contributed by atoms with Crippen LogP contribution < -0.4 is 10.9 Å². The van der Waals surface area contributed by atoms with Crippen LogP contribution in [-0.4, -0.2) is 33.8 Å². The van der Waals surface area contributed by atoms with Crippen LogP contribution in [-0.2, 0) is 22.5 Å². The summed E-state index contributed by atoms with van der Waals surface area (Å²) in [6.07, 6.45) is 3.74. The van der Waals surface area contributed by atoms with Gasteiger partial charge in [0.25, 0.3) is 11.5 Å². The summed E-state index contributed by atoms with van der Waals surface area (Å²) in [5, 5.41) is 11.9. The Labute approximate surface area is 198 Å². The van der Waals surface area contributed by atoms with E-state index in [0.717, 1.165) is 47.7 Å². The zero-order valence-electron chi connectivity index (χ0n) is 18.1. The Balaban J connectivity index is 1.48. The standard InChI is InChI=1S/C23H22N4O4S2/c1-14-19-21(26-17-9-3-2-6-11-27(17)22(19)29)33-20(14)23(30)31-13-18(28)25-15-7-4-5-8-16(15)32-12-10-24/h4-5,7-8H,2-3,6,9,11-13H2,1H3,(H,25,28). The van der Waals surface area contributed by atoms with Crippen molar-refractivity contribution in [2.45, 2.75) is 44.0 Å². The summed E-state index contributed by atoms with van der Waals surface area (Å²) in [4.78, 5) is 44.4. The van der Waals surface area contributed by atoms with E-state index in [1.165, 1.54) is 11.8 Å². The fourth-order valence-corrected chi connectivity index (χ4v) is 5.55. The van der Waals surface area contributed by atoms with E-state index in [2.05, 4.69) is 10.3 Å². The van der Waals surface area contributed by atoms with Crippen LogP contribution in [0.1, 0.15) is 40.3 Å². The number of ether oxygens (including phenoxy) is 1. The van der Waals surface area contributed by atoms with E-state index in [9.17, 15) is 14.4 Å². The van der Waals surface area contributed by atoms with Crippen molar-refractivity contribution in [2.24, 2.45) is 0 Å². The number of nitriles is 1. The highest BCUT2D eigenvalue weighted by Gasteiger charge is 2.23. The van der Waals surface area contributed by atoms with E-state index < -0.39 is 18.5 Å². The topological polar surface area (TPSA) is 114 Å². The van der Waals surface area contributed by atoms with Gasteiger partial charge in [0.15, 0.2) is 6.61 Å². The Morgan fingerprint density at radius 2 is 2.12 bits per heavy atom. The minimum absolute atomic E-state index is 0.117. The molecule has 1 aliphatic heterocycles. The molecular formula is C23H22N4O4S2. The van der Waals surface area contributed by atoms with Gasteiger partial charge in [-0.05, 0) is 37.5 Å². The molecule has 0 unspecified atom stereocenters. The third kappa shape index (κ3) is 4.94. The number of carbonyl (C=O) groups is 2. The van der Waals surface area contributed by atoms with Gasteiger partial charge in [-0.15, -0.1) is 23.1 Å². The maximum atomic E-state index is 13.1. The Hall–Kier alpha value is -3.16. The zero-order chi connectivity index (χ0) is 23.4. The van der Waals surface area contributed by atoms with Crippen molar-refractivity contribution >= 4 is 50.9 Å². The summed E-state index contributed by atoms with van der Waals surface area (Å²) in [6, 6.07) is 9.16. The third-order valence-corrected chi connectivity index (χ3v) is 7.49. The molecule has 170 valence electrons. The molecule has 3 heterocycles. The highest BCUT2D eigenvalue weighted by atomic mass is 32.2. The largest absolute Gasteiger partial charge is 0.451 e. The number of aromatic nitrogens is 2. The second-order valence-electron chi connectivity index (χ2n) is 7.60. The minimum Gasteiger partial charge on any atom is -0.451 e. The zero-order valence-corrected chi connectivity index (χ0v) is 19.7. The maximum Gasteiger partial charge on any atom is 0.349 e. The maximum absolute atomic E-state index is 13.1. The molecule has 1 aliphatic rings. The number of rotatable bonds is 6. The van der Waals surface area contributed by atoms with Crippen molar-refractivity contribution in [3.63, 3.8) is 0 Å². The van der Waals surface area contributed by atoms with Gasteiger partial charge in [0.2, 0.25) is 0 Å². The number of hydrogen-bond acceptors (Lipinski definition) is 8. The van der Waals surface area contributed by atoms with E-state index in [0.29, 0.717) is 28.0 Å². The Morgan fingerprint density at radius 1 is 1.30 bits per heavy atom. The summed E-state index contributed by atoms with van der Waals surface area (Å²) < 4.78 is 6.96. The number of benzene rings is 1. The van der Waals surface area contributed by atoms with E-state index >= 15 is 0 Å². The van der Waals surface area contributed by atoms with Gasteiger partial charge in [0.1, 0.15) is 15.5 Å². The molecule has 4 rings (SSSR count). The first-order valence-corrected chi connectivity index (χ1v) is 12.4. The number of hydrogen-bond donors (Lipinski definition) is 1. The molecule has 8 nitrogen and oxygen atoms in total. The number of aryl methyl sites for hydroxylation is 2. The Kier molecular flexibility index (Phi) is 7.11. The van der Waals surface area contributed by atoms with Gasteiger partial charge in [-0.25, -0.2) is 9.78 Å². The van der Waals surface area contributed by atoms with Crippen LogP contribution in [0.4, 0.5) is 5.69 Å². The van der Waals surface area contributed by atoms with Crippen molar-refractivity contribution in [3.05, 3.63) is 50.9 Å². The number of nitrogens with one attached hydrogen (secondary N) is 1. The van der Waals surface area contributed by atoms with Crippen molar-refractivity contribution in [3.8, 4) is 6.07 Å². The molecular weight excluding hydrogens is 460 g/mol. The quantitative estimate of drug-likeness (QED) is 0.418. The fourth-order valence-electron chi connectivity index (χ4n) is 3.79. The molecule has 1 amide bonds. The number of carbonyl (C=O) groups excluding carboxylic acids is 2. The number of amides is 1. The van der Waals surface area contributed by atoms with Gasteiger partial charge in [-0.3, -0.25) is 14.2 Å². The van der Waals surface area contributed by atoms with Crippen LogP contribution in [0.3, 0.4) is 0 Å². The summed E-state index contributed by atoms with van der Waals surface area (Å²) >= 11 is 2.44. The first kappa shape index (κ1) is 23.0. The number of thiophene rings is 1. The van der Waals surface area contributed by atoms with E-state index in [-0.39, 0.29) is 16.2 Å². The molecule has 0 saturated heterocycles. The number of fused-ring (bicyclic) bond motifs is 2. The minimum atomic E-state index is -0.655. The lowest BCUT2D eigenvalue weighted by atomic mass is 10.2. The van der Waals surface area contributed by atoms with Gasteiger partial charge < -0.3 is 10.1 Å². The summed E-state index contributed by atoms with van der Waals surface area (Å²) in [5.74, 6) is -0.127. The number of thioether (sulfide) groups is 1. The van der Waals surface area contributed by atoms with Crippen LogP contribution >= 0.6 is 23.1 Å². The van der Waals surface area contributed by atoms with E-state index in [1.54, 1.807) is 29.7 Å². The molecule has 2 aromatic heterocycles. The van der Waals surface area contributed by atoms with Crippen molar-refractivity contribution in [2.75, 3.05) is 17.7 Å². The molecule has 0 saturated carbocycles. The molecule has 1 aromatic carbocycles. The molecule has 0 fully saturated rings. The second-order valence-corrected chi connectivity index (χ2v) is 9.62. The molecule has 0 atom stereocenters. The Morgan fingerprint density at radius 3 is 2.94 bits per heavy atom.